The number of benzene rings is 1. The van der Waals surface area contributed by atoms with Crippen molar-refractivity contribution in [2.75, 3.05) is 0 Å². The van der Waals surface area contributed by atoms with Gasteiger partial charge in [0.25, 0.3) is 5.56 Å². The van der Waals surface area contributed by atoms with Gasteiger partial charge in [0.1, 0.15) is 12.9 Å². The molecule has 3 aromatic heterocycles. The van der Waals surface area contributed by atoms with Crippen LogP contribution in [0.1, 0.15) is 36.3 Å². The Balaban J connectivity index is 1.35. The summed E-state index contributed by atoms with van der Waals surface area (Å²) in [5.41, 5.74) is 1.77. The Hall–Kier alpha value is -3.01. The van der Waals surface area contributed by atoms with Crippen molar-refractivity contribution in [2.24, 2.45) is 7.05 Å². The predicted molar refractivity (Wildman–Crippen MR) is 108 cm³/mol. The number of hydrogen-bond acceptors (Lipinski definition) is 6. The Morgan fingerprint density at radius 3 is 2.62 bits per heavy atom. The third kappa shape index (κ3) is 3.13. The van der Waals surface area contributed by atoms with E-state index < -0.39 is 5.76 Å². The van der Waals surface area contributed by atoms with Crippen LogP contribution >= 0.6 is 15.9 Å². The van der Waals surface area contributed by atoms with Crippen molar-refractivity contribution in [3.05, 3.63) is 73.8 Å². The zero-order valence-electron chi connectivity index (χ0n) is 15.5. The van der Waals surface area contributed by atoms with Gasteiger partial charge in [0.2, 0.25) is 5.89 Å². The Morgan fingerprint density at radius 2 is 1.86 bits per heavy atom. The zero-order chi connectivity index (χ0) is 20.1. The van der Waals surface area contributed by atoms with Crippen molar-refractivity contribution >= 4 is 27.1 Å². The van der Waals surface area contributed by atoms with Gasteiger partial charge in [0, 0.05) is 11.5 Å². The summed E-state index contributed by atoms with van der Waals surface area (Å²) < 4.78 is 10.7. The van der Waals surface area contributed by atoms with Crippen LogP contribution in [0.2, 0.25) is 0 Å². The van der Waals surface area contributed by atoms with Crippen molar-refractivity contribution in [1.29, 1.82) is 0 Å². The molecule has 9 nitrogen and oxygen atoms in total. The summed E-state index contributed by atoms with van der Waals surface area (Å²) in [6.07, 6.45) is 4.59. The van der Waals surface area contributed by atoms with Gasteiger partial charge < -0.3 is 8.98 Å². The fourth-order valence-electron chi connectivity index (χ4n) is 3.75. The van der Waals surface area contributed by atoms with Gasteiger partial charge in [-0.15, -0.1) is 5.10 Å². The molecule has 1 aliphatic carbocycles. The first-order chi connectivity index (χ1) is 14.0. The fourth-order valence-corrected chi connectivity index (χ4v) is 4.01. The monoisotopic (exact) mass is 456 g/mol. The highest BCUT2D eigenvalue weighted by molar-refractivity contribution is 9.10. The summed E-state index contributed by atoms with van der Waals surface area (Å²) in [6, 6.07) is 8.23. The minimum absolute atomic E-state index is 0.00282. The predicted octanol–water partition coefficient (Wildman–Crippen LogP) is 2.21. The van der Waals surface area contributed by atoms with Crippen LogP contribution in [0.25, 0.3) is 11.2 Å². The molecule has 1 fully saturated rings. The van der Waals surface area contributed by atoms with Crippen molar-refractivity contribution < 1.29 is 4.42 Å². The zero-order valence-corrected chi connectivity index (χ0v) is 17.1. The largest absolute Gasteiger partial charge is 0.437 e. The highest BCUT2D eigenvalue weighted by Gasteiger charge is 2.34. The normalized spacial score (nSPS) is 18.8. The lowest BCUT2D eigenvalue weighted by Crippen LogP contribution is -2.31. The van der Waals surface area contributed by atoms with E-state index in [0.717, 1.165) is 17.3 Å². The number of halogens is 1. The van der Waals surface area contributed by atoms with Crippen molar-refractivity contribution in [3.8, 4) is 0 Å². The Morgan fingerprint density at radius 1 is 1.14 bits per heavy atom. The van der Waals surface area contributed by atoms with E-state index in [2.05, 4.69) is 43.1 Å². The van der Waals surface area contributed by atoms with Gasteiger partial charge in [-0.05, 0) is 36.5 Å². The third-order valence-corrected chi connectivity index (χ3v) is 5.95. The molecule has 1 aromatic carbocycles. The quantitative estimate of drug-likeness (QED) is 0.466. The van der Waals surface area contributed by atoms with Crippen molar-refractivity contribution in [2.45, 2.75) is 31.3 Å². The third-order valence-electron chi connectivity index (χ3n) is 5.42. The number of fused-ring (bicyclic) bond motifs is 1. The molecule has 0 N–H and O–H groups in total. The van der Waals surface area contributed by atoms with Crippen LogP contribution in [0.15, 0.2) is 55.4 Å². The number of rotatable bonds is 4. The van der Waals surface area contributed by atoms with Crippen molar-refractivity contribution in [1.82, 2.24) is 28.9 Å². The Kier molecular flexibility index (Phi) is 4.23. The first-order valence-electron chi connectivity index (χ1n) is 9.20. The Bertz CT molecular complexity index is 1310. The van der Waals surface area contributed by atoms with E-state index >= 15 is 0 Å². The standard InChI is InChI=1S/C19H17BrN6O3/c1-24-9-21-17-16(24)18(27)25(10-22-17)8-15-23-26(19(28)29-15)14-6-12(7-14)11-2-4-13(20)5-3-11/h2-5,9-10,12,14H,6-8H2,1H3/t12-,14-. The highest BCUT2D eigenvalue weighted by Crippen LogP contribution is 2.43. The second-order valence-corrected chi connectivity index (χ2v) is 8.20. The highest BCUT2D eigenvalue weighted by atomic mass is 79.9. The molecule has 148 valence electrons. The van der Waals surface area contributed by atoms with E-state index in [0.29, 0.717) is 17.1 Å². The minimum atomic E-state index is -0.498. The molecule has 4 aromatic rings. The second kappa shape index (κ2) is 6.80. The molecule has 0 amide bonds. The summed E-state index contributed by atoms with van der Waals surface area (Å²) in [5.74, 6) is 0.0913. The van der Waals surface area contributed by atoms with E-state index in [1.165, 1.54) is 27.5 Å². The van der Waals surface area contributed by atoms with Gasteiger partial charge in [0.05, 0.1) is 12.4 Å². The van der Waals surface area contributed by atoms with E-state index in [9.17, 15) is 9.59 Å². The van der Waals surface area contributed by atoms with Crippen LogP contribution in [0.3, 0.4) is 0 Å². The van der Waals surface area contributed by atoms with E-state index in [1.807, 2.05) is 12.1 Å². The summed E-state index contributed by atoms with van der Waals surface area (Å²) in [5, 5.41) is 4.32. The summed E-state index contributed by atoms with van der Waals surface area (Å²) in [6.45, 7) is 0.0397. The van der Waals surface area contributed by atoms with Crippen LogP contribution < -0.4 is 11.3 Å². The van der Waals surface area contributed by atoms with E-state index in [1.54, 1.807) is 11.6 Å². The number of nitrogens with zero attached hydrogens (tertiary/aromatic N) is 6. The fraction of sp³-hybridized carbons (Fsp3) is 0.316. The number of aryl methyl sites for hydroxylation is 1. The average molecular weight is 457 g/mol. The van der Waals surface area contributed by atoms with Crippen LogP contribution in [0.5, 0.6) is 0 Å². The van der Waals surface area contributed by atoms with Gasteiger partial charge in [-0.25, -0.2) is 14.8 Å². The van der Waals surface area contributed by atoms with Gasteiger partial charge in [-0.1, -0.05) is 28.1 Å². The number of hydrogen-bond donors (Lipinski definition) is 0. The first kappa shape index (κ1) is 18.0. The molecule has 1 saturated carbocycles. The molecule has 1 aliphatic rings. The summed E-state index contributed by atoms with van der Waals surface area (Å²) in [7, 11) is 1.73. The summed E-state index contributed by atoms with van der Waals surface area (Å²) >= 11 is 3.44. The molecule has 0 spiro atoms. The second-order valence-electron chi connectivity index (χ2n) is 7.29. The lowest BCUT2D eigenvalue weighted by atomic mass is 9.76. The molecule has 0 aliphatic heterocycles. The number of imidazole rings is 1. The molecule has 3 heterocycles. The van der Waals surface area contributed by atoms with Crippen LogP contribution in [-0.4, -0.2) is 28.9 Å². The lowest BCUT2D eigenvalue weighted by Gasteiger charge is -2.34. The molecule has 5 rings (SSSR count). The topological polar surface area (TPSA) is 101 Å². The molecule has 0 bridgehead atoms. The van der Waals surface area contributed by atoms with E-state index in [-0.39, 0.29) is 24.0 Å². The maximum Gasteiger partial charge on any atom is 0.437 e. The van der Waals surface area contributed by atoms with Gasteiger partial charge in [0.15, 0.2) is 11.2 Å². The van der Waals surface area contributed by atoms with Crippen LogP contribution in [0.4, 0.5) is 0 Å². The lowest BCUT2D eigenvalue weighted by molar-refractivity contribution is 0.233. The molecular formula is C19H17BrN6O3. The molecule has 0 radical (unpaired) electrons. The molecule has 10 heteroatoms. The minimum Gasteiger partial charge on any atom is -0.390 e. The average Bonchev–Trinajstić information content (AvgIpc) is 3.21. The summed E-state index contributed by atoms with van der Waals surface area (Å²) in [4.78, 5) is 33.1. The SMILES string of the molecule is Cn1cnc2ncn(Cc3nn([C@H]4C[C@H](c5ccc(Br)cc5)C4)c(=O)o3)c(=O)c21. The number of aromatic nitrogens is 6. The van der Waals surface area contributed by atoms with Gasteiger partial charge in [-0.2, -0.15) is 4.68 Å². The Labute approximate surface area is 172 Å². The molecule has 0 saturated heterocycles. The molecule has 0 atom stereocenters. The molecular weight excluding hydrogens is 440 g/mol. The van der Waals surface area contributed by atoms with E-state index in [4.69, 9.17) is 4.42 Å². The van der Waals surface area contributed by atoms with Crippen molar-refractivity contribution in [3.63, 3.8) is 0 Å². The van der Waals surface area contributed by atoms with Crippen LogP contribution in [-0.2, 0) is 13.6 Å². The maximum absolute atomic E-state index is 12.6. The molecule has 29 heavy (non-hydrogen) atoms. The molecule has 0 unspecified atom stereocenters. The first-order valence-corrected chi connectivity index (χ1v) is 9.99. The van der Waals surface area contributed by atoms with Gasteiger partial charge >= 0.3 is 5.76 Å². The smallest absolute Gasteiger partial charge is 0.390 e. The maximum atomic E-state index is 12.6. The van der Waals surface area contributed by atoms with Gasteiger partial charge in [-0.3, -0.25) is 9.36 Å². The van der Waals surface area contributed by atoms with Crippen LogP contribution in [0, 0.1) is 0 Å².